The van der Waals surface area contributed by atoms with Crippen LogP contribution in [0.3, 0.4) is 0 Å². The second-order valence-corrected chi connectivity index (χ2v) is 4.87. The first-order valence-electron chi connectivity index (χ1n) is 5.14. The zero-order chi connectivity index (χ0) is 9.97. The molecule has 0 saturated heterocycles. The Morgan fingerprint density at radius 2 is 2.21 bits per heavy atom. The number of hydrogen-bond acceptors (Lipinski definition) is 3. The third kappa shape index (κ3) is 1.81. The molecule has 1 aliphatic heterocycles. The van der Waals surface area contributed by atoms with Gasteiger partial charge in [0.05, 0.1) is 5.69 Å². The molecule has 4 heteroatoms. The SMILES string of the molecule is Cn1nc2c(c1CCN)CCSCC2. The van der Waals surface area contributed by atoms with E-state index in [4.69, 9.17) is 5.73 Å². The summed E-state index contributed by atoms with van der Waals surface area (Å²) in [5, 5.41) is 4.58. The van der Waals surface area contributed by atoms with Crippen molar-refractivity contribution >= 4 is 11.8 Å². The van der Waals surface area contributed by atoms with E-state index < -0.39 is 0 Å². The summed E-state index contributed by atoms with van der Waals surface area (Å²) in [6.07, 6.45) is 3.26. The number of thioether (sulfide) groups is 1. The molecule has 78 valence electrons. The molecule has 0 radical (unpaired) electrons. The molecule has 2 rings (SSSR count). The number of rotatable bonds is 2. The molecule has 14 heavy (non-hydrogen) atoms. The van der Waals surface area contributed by atoms with E-state index in [1.165, 1.54) is 34.9 Å². The molecule has 0 aliphatic carbocycles. The molecule has 1 aliphatic rings. The molecule has 3 nitrogen and oxygen atoms in total. The maximum Gasteiger partial charge on any atom is 0.0667 e. The summed E-state index contributed by atoms with van der Waals surface area (Å²) in [7, 11) is 2.03. The van der Waals surface area contributed by atoms with Crippen LogP contribution < -0.4 is 5.73 Å². The third-order valence-electron chi connectivity index (χ3n) is 2.72. The van der Waals surface area contributed by atoms with Gasteiger partial charge in [-0.2, -0.15) is 16.9 Å². The molecule has 0 spiro atoms. The normalized spacial score (nSPS) is 16.4. The van der Waals surface area contributed by atoms with Crippen molar-refractivity contribution in [1.29, 1.82) is 0 Å². The Bertz CT molecular complexity index is 319. The summed E-state index contributed by atoms with van der Waals surface area (Å²) in [4.78, 5) is 0. The van der Waals surface area contributed by atoms with Crippen molar-refractivity contribution < 1.29 is 0 Å². The summed E-state index contributed by atoms with van der Waals surface area (Å²) in [5.41, 5.74) is 9.75. The minimum atomic E-state index is 0.721. The highest BCUT2D eigenvalue weighted by atomic mass is 32.2. The molecule has 2 N–H and O–H groups in total. The minimum absolute atomic E-state index is 0.721. The maximum absolute atomic E-state index is 5.61. The average molecular weight is 211 g/mol. The maximum atomic E-state index is 5.61. The highest BCUT2D eigenvalue weighted by Crippen LogP contribution is 2.22. The van der Waals surface area contributed by atoms with Gasteiger partial charge in [-0.3, -0.25) is 4.68 Å². The molecule has 1 aromatic heterocycles. The van der Waals surface area contributed by atoms with E-state index >= 15 is 0 Å². The number of nitrogens with zero attached hydrogens (tertiary/aromatic N) is 2. The Balaban J connectivity index is 2.33. The standard InChI is InChI=1S/C10H17N3S/c1-13-10(2-5-11)8-3-6-14-7-4-9(8)12-13/h2-7,11H2,1H3. The van der Waals surface area contributed by atoms with Crippen LogP contribution in [0.2, 0.25) is 0 Å². The number of aromatic nitrogens is 2. The summed E-state index contributed by atoms with van der Waals surface area (Å²) in [6.45, 7) is 0.721. The quantitative estimate of drug-likeness (QED) is 0.785. The smallest absolute Gasteiger partial charge is 0.0667 e. The second-order valence-electron chi connectivity index (χ2n) is 3.65. The molecule has 1 aromatic rings. The lowest BCUT2D eigenvalue weighted by atomic mass is 10.1. The van der Waals surface area contributed by atoms with Crippen LogP contribution in [0.25, 0.3) is 0 Å². The van der Waals surface area contributed by atoms with Gasteiger partial charge in [0, 0.05) is 25.6 Å². The Labute approximate surface area is 89.1 Å². The molecular weight excluding hydrogens is 194 g/mol. The summed E-state index contributed by atoms with van der Waals surface area (Å²) in [5.74, 6) is 2.45. The van der Waals surface area contributed by atoms with Crippen molar-refractivity contribution in [3.8, 4) is 0 Å². The zero-order valence-corrected chi connectivity index (χ0v) is 9.44. The Morgan fingerprint density at radius 1 is 1.43 bits per heavy atom. The molecule has 2 heterocycles. The van der Waals surface area contributed by atoms with E-state index in [1.54, 1.807) is 0 Å². The lowest BCUT2D eigenvalue weighted by Crippen LogP contribution is -2.09. The van der Waals surface area contributed by atoms with Crippen molar-refractivity contribution in [3.05, 3.63) is 17.0 Å². The molecule has 0 bridgehead atoms. The first-order chi connectivity index (χ1) is 6.83. The topological polar surface area (TPSA) is 43.8 Å². The number of fused-ring (bicyclic) bond motifs is 1. The first-order valence-corrected chi connectivity index (χ1v) is 6.30. The molecule has 0 unspecified atom stereocenters. The van der Waals surface area contributed by atoms with Gasteiger partial charge in [-0.15, -0.1) is 0 Å². The van der Waals surface area contributed by atoms with Crippen LogP contribution in [-0.4, -0.2) is 27.8 Å². The van der Waals surface area contributed by atoms with Crippen LogP contribution in [0.15, 0.2) is 0 Å². The summed E-state index contributed by atoms with van der Waals surface area (Å²) >= 11 is 2.03. The van der Waals surface area contributed by atoms with Gasteiger partial charge in [0.25, 0.3) is 0 Å². The van der Waals surface area contributed by atoms with Gasteiger partial charge in [-0.25, -0.2) is 0 Å². The van der Waals surface area contributed by atoms with Crippen LogP contribution in [-0.2, 0) is 26.3 Å². The highest BCUT2D eigenvalue weighted by Gasteiger charge is 2.17. The average Bonchev–Trinajstić information content (AvgIpc) is 2.39. The van der Waals surface area contributed by atoms with Gasteiger partial charge < -0.3 is 5.73 Å². The van der Waals surface area contributed by atoms with Crippen molar-refractivity contribution in [2.45, 2.75) is 19.3 Å². The monoisotopic (exact) mass is 211 g/mol. The summed E-state index contributed by atoms with van der Waals surface area (Å²) < 4.78 is 2.02. The lowest BCUT2D eigenvalue weighted by molar-refractivity contribution is 0.693. The highest BCUT2D eigenvalue weighted by molar-refractivity contribution is 7.99. The summed E-state index contributed by atoms with van der Waals surface area (Å²) in [6, 6.07) is 0. The predicted octanol–water partition coefficient (Wildman–Crippen LogP) is 0.753. The molecular formula is C10H17N3S. The lowest BCUT2D eigenvalue weighted by Gasteiger charge is -2.03. The molecule has 0 saturated carbocycles. The largest absolute Gasteiger partial charge is 0.330 e. The fourth-order valence-electron chi connectivity index (χ4n) is 2.05. The van der Waals surface area contributed by atoms with Gasteiger partial charge in [0.2, 0.25) is 0 Å². The zero-order valence-electron chi connectivity index (χ0n) is 8.62. The minimum Gasteiger partial charge on any atom is -0.330 e. The van der Waals surface area contributed by atoms with Crippen molar-refractivity contribution in [3.63, 3.8) is 0 Å². The van der Waals surface area contributed by atoms with Gasteiger partial charge in [0.15, 0.2) is 0 Å². The van der Waals surface area contributed by atoms with Crippen molar-refractivity contribution in [1.82, 2.24) is 9.78 Å². The molecule has 0 atom stereocenters. The third-order valence-corrected chi connectivity index (χ3v) is 3.70. The predicted molar refractivity (Wildman–Crippen MR) is 60.7 cm³/mol. The number of aryl methyl sites for hydroxylation is 2. The second kappa shape index (κ2) is 4.36. The Kier molecular flexibility index (Phi) is 3.13. The fourth-order valence-corrected chi connectivity index (χ4v) is 2.94. The van der Waals surface area contributed by atoms with Crippen LogP contribution in [0, 0.1) is 0 Å². The Morgan fingerprint density at radius 3 is 3.00 bits per heavy atom. The number of hydrogen-bond donors (Lipinski definition) is 1. The van der Waals surface area contributed by atoms with Crippen LogP contribution in [0.1, 0.15) is 17.0 Å². The molecule has 0 amide bonds. The van der Waals surface area contributed by atoms with Gasteiger partial charge in [0.1, 0.15) is 0 Å². The Hall–Kier alpha value is -0.480. The van der Waals surface area contributed by atoms with E-state index in [9.17, 15) is 0 Å². The van der Waals surface area contributed by atoms with E-state index in [2.05, 4.69) is 5.10 Å². The van der Waals surface area contributed by atoms with Crippen molar-refractivity contribution in [2.24, 2.45) is 12.8 Å². The molecule has 0 aromatic carbocycles. The van der Waals surface area contributed by atoms with Crippen LogP contribution in [0.5, 0.6) is 0 Å². The van der Waals surface area contributed by atoms with E-state index in [0.29, 0.717) is 0 Å². The van der Waals surface area contributed by atoms with Gasteiger partial charge >= 0.3 is 0 Å². The van der Waals surface area contributed by atoms with E-state index in [-0.39, 0.29) is 0 Å². The molecule has 0 fully saturated rings. The van der Waals surface area contributed by atoms with Crippen LogP contribution >= 0.6 is 11.8 Å². The van der Waals surface area contributed by atoms with Crippen LogP contribution in [0.4, 0.5) is 0 Å². The number of nitrogens with two attached hydrogens (primary N) is 1. The van der Waals surface area contributed by atoms with Gasteiger partial charge in [-0.05, 0) is 30.0 Å². The fraction of sp³-hybridized carbons (Fsp3) is 0.700. The van der Waals surface area contributed by atoms with Crippen molar-refractivity contribution in [2.75, 3.05) is 18.1 Å². The van der Waals surface area contributed by atoms with Gasteiger partial charge in [-0.1, -0.05) is 0 Å². The van der Waals surface area contributed by atoms with E-state index in [0.717, 1.165) is 19.4 Å². The van der Waals surface area contributed by atoms with E-state index in [1.807, 2.05) is 23.5 Å². The first kappa shape index (κ1) is 10.1.